The summed E-state index contributed by atoms with van der Waals surface area (Å²) in [5.74, 6) is 0.919. The molecule has 0 radical (unpaired) electrons. The third kappa shape index (κ3) is 7.88. The fourth-order valence-corrected chi connectivity index (χ4v) is 2.68. The molecule has 3 heteroatoms. The maximum Gasteiger partial charge on any atom is 0.224 e. The highest BCUT2D eigenvalue weighted by molar-refractivity contribution is 5.90. The van der Waals surface area contributed by atoms with Crippen LogP contribution in [0.4, 0.5) is 5.69 Å². The van der Waals surface area contributed by atoms with Crippen LogP contribution in [0.25, 0.3) is 0 Å². The Hall–Kier alpha value is -2.29. The summed E-state index contributed by atoms with van der Waals surface area (Å²) in [6.07, 6.45) is 7.29. The topological polar surface area (TPSA) is 38.3 Å². The van der Waals surface area contributed by atoms with Gasteiger partial charge >= 0.3 is 0 Å². The third-order valence-corrected chi connectivity index (χ3v) is 4.15. The van der Waals surface area contributed by atoms with Gasteiger partial charge in [0.15, 0.2) is 0 Å². The molecule has 0 atom stereocenters. The van der Waals surface area contributed by atoms with Crippen molar-refractivity contribution in [1.29, 1.82) is 0 Å². The summed E-state index contributed by atoms with van der Waals surface area (Å²) >= 11 is 0. The molecule has 0 fully saturated rings. The molecule has 25 heavy (non-hydrogen) atoms. The van der Waals surface area contributed by atoms with Gasteiger partial charge < -0.3 is 10.1 Å². The normalized spacial score (nSPS) is 10.4. The Balaban J connectivity index is 1.66. The van der Waals surface area contributed by atoms with Crippen LogP contribution < -0.4 is 10.1 Å². The molecule has 0 aliphatic carbocycles. The Morgan fingerprint density at radius 2 is 1.64 bits per heavy atom. The third-order valence-electron chi connectivity index (χ3n) is 4.15. The molecule has 2 aromatic rings. The number of carbonyl (C=O) groups excluding carboxylic acids is 1. The van der Waals surface area contributed by atoms with Crippen LogP contribution in [-0.2, 0) is 11.2 Å². The molecule has 134 valence electrons. The number of unbranched alkanes of at least 4 members (excludes halogenated alkanes) is 4. The van der Waals surface area contributed by atoms with Gasteiger partial charge in [0, 0.05) is 18.5 Å². The molecular formula is C22H29NO2. The van der Waals surface area contributed by atoms with Crippen molar-refractivity contribution in [3.05, 3.63) is 60.2 Å². The number of nitrogens with one attached hydrogen (secondary N) is 1. The molecule has 0 heterocycles. The number of ether oxygens (including phenoxy) is 1. The molecule has 3 nitrogen and oxygen atoms in total. The molecule has 0 aliphatic rings. The SMILES string of the molecule is CCCCCCCC(=O)Nc1ccc(OCCc2ccccc2)cc1. The van der Waals surface area contributed by atoms with Crippen LogP contribution in [0.15, 0.2) is 54.6 Å². The van der Waals surface area contributed by atoms with Crippen molar-refractivity contribution in [2.75, 3.05) is 11.9 Å². The quantitative estimate of drug-likeness (QED) is 0.541. The number of benzene rings is 2. The van der Waals surface area contributed by atoms with Gasteiger partial charge in [-0.05, 0) is 36.2 Å². The lowest BCUT2D eigenvalue weighted by atomic mass is 10.1. The number of carbonyl (C=O) groups is 1. The van der Waals surface area contributed by atoms with Crippen molar-refractivity contribution in [3.8, 4) is 5.75 Å². The first kappa shape index (κ1) is 19.0. The average Bonchev–Trinajstić information content (AvgIpc) is 2.64. The summed E-state index contributed by atoms with van der Waals surface area (Å²) in [6, 6.07) is 17.9. The zero-order valence-corrected chi connectivity index (χ0v) is 15.2. The Labute approximate surface area is 151 Å². The van der Waals surface area contributed by atoms with Crippen LogP contribution in [0, 0.1) is 0 Å². The predicted molar refractivity (Wildman–Crippen MR) is 104 cm³/mol. The van der Waals surface area contributed by atoms with Crippen molar-refractivity contribution in [2.45, 2.75) is 51.9 Å². The monoisotopic (exact) mass is 339 g/mol. The van der Waals surface area contributed by atoms with Gasteiger partial charge in [-0.3, -0.25) is 4.79 Å². The number of rotatable bonds is 11. The van der Waals surface area contributed by atoms with Crippen LogP contribution in [0.2, 0.25) is 0 Å². The molecule has 0 bridgehead atoms. The van der Waals surface area contributed by atoms with Crippen LogP contribution >= 0.6 is 0 Å². The molecule has 2 rings (SSSR count). The zero-order valence-electron chi connectivity index (χ0n) is 15.2. The lowest BCUT2D eigenvalue weighted by Gasteiger charge is -2.08. The Kier molecular flexibility index (Phi) is 8.60. The van der Waals surface area contributed by atoms with E-state index in [0.29, 0.717) is 13.0 Å². The summed E-state index contributed by atoms with van der Waals surface area (Å²) in [4.78, 5) is 11.9. The minimum Gasteiger partial charge on any atom is -0.493 e. The highest BCUT2D eigenvalue weighted by Crippen LogP contribution is 2.17. The number of hydrogen-bond acceptors (Lipinski definition) is 2. The molecule has 0 saturated carbocycles. The van der Waals surface area contributed by atoms with E-state index in [1.54, 1.807) is 0 Å². The summed E-state index contributed by atoms with van der Waals surface area (Å²) in [5.41, 5.74) is 2.10. The highest BCUT2D eigenvalue weighted by atomic mass is 16.5. The second-order valence-electron chi connectivity index (χ2n) is 6.32. The molecule has 0 aromatic heterocycles. The standard InChI is InChI=1S/C22H29NO2/c1-2-3-4-5-9-12-22(24)23-20-13-15-21(16-14-20)25-18-17-19-10-7-6-8-11-19/h6-8,10-11,13-16H,2-5,9,12,17-18H2,1H3,(H,23,24). The molecule has 2 aromatic carbocycles. The highest BCUT2D eigenvalue weighted by Gasteiger charge is 2.03. The molecule has 1 N–H and O–H groups in total. The number of amides is 1. The van der Waals surface area contributed by atoms with Gasteiger partial charge in [-0.1, -0.05) is 62.9 Å². The Bertz CT molecular complexity index is 608. The first-order chi connectivity index (χ1) is 12.3. The molecule has 0 aliphatic heterocycles. The Morgan fingerprint density at radius 1 is 0.920 bits per heavy atom. The lowest BCUT2D eigenvalue weighted by molar-refractivity contribution is -0.116. The van der Waals surface area contributed by atoms with Gasteiger partial charge in [0.25, 0.3) is 0 Å². The number of hydrogen-bond donors (Lipinski definition) is 1. The van der Waals surface area contributed by atoms with Crippen molar-refractivity contribution in [2.24, 2.45) is 0 Å². The van der Waals surface area contributed by atoms with Gasteiger partial charge in [0.1, 0.15) is 5.75 Å². The van der Waals surface area contributed by atoms with E-state index in [1.807, 2.05) is 42.5 Å². The number of anilines is 1. The van der Waals surface area contributed by atoms with E-state index < -0.39 is 0 Å². The van der Waals surface area contributed by atoms with Gasteiger partial charge in [-0.2, -0.15) is 0 Å². The van der Waals surface area contributed by atoms with E-state index >= 15 is 0 Å². The maximum absolute atomic E-state index is 11.9. The van der Waals surface area contributed by atoms with E-state index in [9.17, 15) is 4.79 Å². The molecular weight excluding hydrogens is 310 g/mol. The fraction of sp³-hybridized carbons (Fsp3) is 0.409. The first-order valence-corrected chi connectivity index (χ1v) is 9.34. The van der Waals surface area contributed by atoms with Gasteiger partial charge in [-0.25, -0.2) is 0 Å². The van der Waals surface area contributed by atoms with Crippen LogP contribution in [0.5, 0.6) is 5.75 Å². The van der Waals surface area contributed by atoms with Gasteiger partial charge in [-0.15, -0.1) is 0 Å². The summed E-state index contributed by atoms with van der Waals surface area (Å²) < 4.78 is 5.76. The van der Waals surface area contributed by atoms with E-state index in [4.69, 9.17) is 4.74 Å². The second-order valence-corrected chi connectivity index (χ2v) is 6.32. The maximum atomic E-state index is 11.9. The predicted octanol–water partition coefficient (Wildman–Crippen LogP) is 5.61. The summed E-state index contributed by atoms with van der Waals surface area (Å²) in [6.45, 7) is 2.84. The van der Waals surface area contributed by atoms with E-state index in [-0.39, 0.29) is 5.91 Å². The molecule has 0 unspecified atom stereocenters. The van der Waals surface area contributed by atoms with Crippen LogP contribution in [0.1, 0.15) is 51.0 Å². The van der Waals surface area contributed by atoms with Crippen molar-refractivity contribution < 1.29 is 9.53 Å². The second kappa shape index (κ2) is 11.3. The van der Waals surface area contributed by atoms with Crippen molar-refractivity contribution in [3.63, 3.8) is 0 Å². The summed E-state index contributed by atoms with van der Waals surface area (Å²) in [5, 5.41) is 2.95. The van der Waals surface area contributed by atoms with Crippen molar-refractivity contribution in [1.82, 2.24) is 0 Å². The van der Waals surface area contributed by atoms with E-state index in [2.05, 4.69) is 24.4 Å². The van der Waals surface area contributed by atoms with Crippen LogP contribution in [-0.4, -0.2) is 12.5 Å². The summed E-state index contributed by atoms with van der Waals surface area (Å²) in [7, 11) is 0. The largest absolute Gasteiger partial charge is 0.493 e. The lowest BCUT2D eigenvalue weighted by Crippen LogP contribution is -2.11. The molecule has 1 amide bonds. The van der Waals surface area contributed by atoms with Crippen molar-refractivity contribution >= 4 is 11.6 Å². The zero-order chi connectivity index (χ0) is 17.7. The molecule has 0 saturated heterocycles. The fourth-order valence-electron chi connectivity index (χ4n) is 2.68. The van der Waals surface area contributed by atoms with Gasteiger partial charge in [0.05, 0.1) is 6.61 Å². The molecule has 0 spiro atoms. The Morgan fingerprint density at radius 3 is 2.36 bits per heavy atom. The van der Waals surface area contributed by atoms with E-state index in [1.165, 1.54) is 24.8 Å². The smallest absolute Gasteiger partial charge is 0.224 e. The minimum absolute atomic E-state index is 0.0919. The average molecular weight is 339 g/mol. The first-order valence-electron chi connectivity index (χ1n) is 9.34. The van der Waals surface area contributed by atoms with Gasteiger partial charge in [0.2, 0.25) is 5.91 Å². The minimum atomic E-state index is 0.0919. The van der Waals surface area contributed by atoms with E-state index in [0.717, 1.165) is 30.7 Å². The van der Waals surface area contributed by atoms with Crippen LogP contribution in [0.3, 0.4) is 0 Å².